The summed E-state index contributed by atoms with van der Waals surface area (Å²) in [6.45, 7) is 0. The maximum absolute atomic E-state index is 12.9. The zero-order valence-electron chi connectivity index (χ0n) is 10.9. The number of aromatic carboxylic acids is 1. The number of aromatic nitrogens is 1. The predicted molar refractivity (Wildman–Crippen MR) is 78.4 cm³/mol. The maximum atomic E-state index is 12.9. The molecule has 0 radical (unpaired) electrons. The molecule has 0 spiro atoms. The average Bonchev–Trinajstić information content (AvgIpc) is 2.49. The van der Waals surface area contributed by atoms with E-state index in [-0.39, 0.29) is 11.5 Å². The molecule has 21 heavy (non-hydrogen) atoms. The van der Waals surface area contributed by atoms with Crippen LogP contribution in [0.4, 0.5) is 15.8 Å². The number of fused-ring (bicyclic) bond motifs is 1. The molecule has 0 aliphatic heterocycles. The zero-order chi connectivity index (χ0) is 14.8. The minimum Gasteiger partial charge on any atom is -0.477 e. The predicted octanol–water partition coefficient (Wildman–Crippen LogP) is 3.82. The molecule has 3 rings (SSSR count). The number of carboxylic acids is 1. The molecule has 0 fully saturated rings. The monoisotopic (exact) mass is 282 g/mol. The fourth-order valence-corrected chi connectivity index (χ4v) is 2.08. The second kappa shape index (κ2) is 5.20. The average molecular weight is 282 g/mol. The van der Waals surface area contributed by atoms with E-state index in [2.05, 4.69) is 10.3 Å². The van der Waals surface area contributed by atoms with Crippen molar-refractivity contribution < 1.29 is 14.3 Å². The van der Waals surface area contributed by atoms with Gasteiger partial charge in [0.05, 0.1) is 11.2 Å². The molecule has 0 amide bonds. The third-order valence-electron chi connectivity index (χ3n) is 3.06. The smallest absolute Gasteiger partial charge is 0.354 e. The van der Waals surface area contributed by atoms with Crippen molar-refractivity contribution in [3.63, 3.8) is 0 Å². The fraction of sp³-hybridized carbons (Fsp3) is 0. The molecular weight excluding hydrogens is 271 g/mol. The quantitative estimate of drug-likeness (QED) is 0.766. The summed E-state index contributed by atoms with van der Waals surface area (Å²) < 4.78 is 12.9. The normalized spacial score (nSPS) is 10.5. The van der Waals surface area contributed by atoms with E-state index in [0.29, 0.717) is 16.9 Å². The van der Waals surface area contributed by atoms with Crippen LogP contribution in [0.1, 0.15) is 10.5 Å². The van der Waals surface area contributed by atoms with Gasteiger partial charge in [-0.15, -0.1) is 0 Å². The van der Waals surface area contributed by atoms with Gasteiger partial charge in [0.25, 0.3) is 0 Å². The third kappa shape index (κ3) is 2.67. The van der Waals surface area contributed by atoms with Gasteiger partial charge in [0.15, 0.2) is 5.69 Å². The molecule has 1 heterocycles. The number of para-hydroxylation sites is 1. The molecule has 0 bridgehead atoms. The molecule has 0 aliphatic carbocycles. The van der Waals surface area contributed by atoms with Crippen molar-refractivity contribution >= 4 is 28.2 Å². The first-order valence-corrected chi connectivity index (χ1v) is 6.29. The van der Waals surface area contributed by atoms with Crippen LogP contribution in [-0.2, 0) is 0 Å². The lowest BCUT2D eigenvalue weighted by molar-refractivity contribution is 0.0691. The summed E-state index contributed by atoms with van der Waals surface area (Å²) in [6.07, 6.45) is 0. The van der Waals surface area contributed by atoms with Gasteiger partial charge in [-0.3, -0.25) is 0 Å². The van der Waals surface area contributed by atoms with Gasteiger partial charge in [-0.05, 0) is 36.4 Å². The van der Waals surface area contributed by atoms with Crippen molar-refractivity contribution in [1.82, 2.24) is 4.98 Å². The highest BCUT2D eigenvalue weighted by atomic mass is 19.1. The Morgan fingerprint density at radius 1 is 1.10 bits per heavy atom. The SMILES string of the molecule is O=C(O)c1cc(Nc2ccc(F)cc2)c2ccccc2n1. The first-order chi connectivity index (χ1) is 10.1. The highest BCUT2D eigenvalue weighted by Gasteiger charge is 2.10. The Kier molecular flexibility index (Phi) is 3.23. The van der Waals surface area contributed by atoms with Crippen molar-refractivity contribution in [1.29, 1.82) is 0 Å². The molecule has 0 saturated carbocycles. The summed E-state index contributed by atoms with van der Waals surface area (Å²) in [4.78, 5) is 15.2. The van der Waals surface area contributed by atoms with Gasteiger partial charge in [0, 0.05) is 11.1 Å². The van der Waals surface area contributed by atoms with Crippen LogP contribution in [0.5, 0.6) is 0 Å². The van der Waals surface area contributed by atoms with Crippen molar-refractivity contribution in [2.24, 2.45) is 0 Å². The minimum absolute atomic E-state index is 0.0432. The molecule has 3 aromatic rings. The van der Waals surface area contributed by atoms with Gasteiger partial charge < -0.3 is 10.4 Å². The first-order valence-electron chi connectivity index (χ1n) is 6.29. The van der Waals surface area contributed by atoms with Crippen LogP contribution in [0, 0.1) is 5.82 Å². The lowest BCUT2D eigenvalue weighted by Crippen LogP contribution is -2.02. The Bertz CT molecular complexity index is 816. The lowest BCUT2D eigenvalue weighted by atomic mass is 10.1. The number of benzene rings is 2. The van der Waals surface area contributed by atoms with E-state index >= 15 is 0 Å². The van der Waals surface area contributed by atoms with E-state index in [1.54, 1.807) is 24.3 Å². The number of rotatable bonds is 3. The highest BCUT2D eigenvalue weighted by molar-refractivity contribution is 5.98. The van der Waals surface area contributed by atoms with Crippen LogP contribution < -0.4 is 5.32 Å². The maximum Gasteiger partial charge on any atom is 0.354 e. The summed E-state index contributed by atoms with van der Waals surface area (Å²) >= 11 is 0. The number of carboxylic acid groups (broad SMARTS) is 1. The van der Waals surface area contributed by atoms with E-state index in [0.717, 1.165) is 5.39 Å². The highest BCUT2D eigenvalue weighted by Crippen LogP contribution is 2.26. The number of hydrogen-bond donors (Lipinski definition) is 2. The van der Waals surface area contributed by atoms with Crippen LogP contribution >= 0.6 is 0 Å². The first kappa shape index (κ1) is 13.1. The number of carbonyl (C=O) groups is 1. The van der Waals surface area contributed by atoms with Crippen molar-refractivity contribution in [3.8, 4) is 0 Å². The standard InChI is InChI=1S/C16H11FN2O2/c17-10-5-7-11(8-6-10)18-14-9-15(16(20)21)19-13-4-2-1-3-12(13)14/h1-9H,(H,18,19)(H,20,21). The van der Waals surface area contributed by atoms with Crippen molar-refractivity contribution in [3.05, 3.63) is 66.1 Å². The van der Waals surface area contributed by atoms with Crippen LogP contribution in [0.25, 0.3) is 10.9 Å². The summed E-state index contributed by atoms with van der Waals surface area (Å²) in [5, 5.41) is 13.0. The number of nitrogens with one attached hydrogen (secondary N) is 1. The van der Waals surface area contributed by atoms with Crippen LogP contribution in [0.2, 0.25) is 0 Å². The summed E-state index contributed by atoms with van der Waals surface area (Å²) in [7, 11) is 0. The molecule has 2 N–H and O–H groups in total. The Hall–Kier alpha value is -2.95. The van der Waals surface area contributed by atoms with Gasteiger partial charge in [0.2, 0.25) is 0 Å². The second-order valence-corrected chi connectivity index (χ2v) is 4.51. The molecule has 2 aromatic carbocycles. The molecular formula is C16H11FN2O2. The Morgan fingerprint density at radius 2 is 1.81 bits per heavy atom. The molecule has 0 atom stereocenters. The lowest BCUT2D eigenvalue weighted by Gasteiger charge is -2.10. The second-order valence-electron chi connectivity index (χ2n) is 4.51. The van der Waals surface area contributed by atoms with E-state index in [1.165, 1.54) is 18.2 Å². The Morgan fingerprint density at radius 3 is 2.52 bits per heavy atom. The Labute approximate surface area is 119 Å². The van der Waals surface area contributed by atoms with Crippen LogP contribution in [-0.4, -0.2) is 16.1 Å². The molecule has 0 aliphatic rings. The number of halogens is 1. The Balaban J connectivity index is 2.11. The van der Waals surface area contributed by atoms with Crippen LogP contribution in [0.15, 0.2) is 54.6 Å². The van der Waals surface area contributed by atoms with E-state index in [1.807, 2.05) is 12.1 Å². The van der Waals surface area contributed by atoms with Crippen molar-refractivity contribution in [2.45, 2.75) is 0 Å². The van der Waals surface area contributed by atoms with E-state index in [4.69, 9.17) is 5.11 Å². The largest absolute Gasteiger partial charge is 0.477 e. The number of pyridine rings is 1. The number of nitrogens with zero attached hydrogens (tertiary/aromatic N) is 1. The third-order valence-corrected chi connectivity index (χ3v) is 3.06. The van der Waals surface area contributed by atoms with E-state index < -0.39 is 5.97 Å². The van der Waals surface area contributed by atoms with Gasteiger partial charge in [0.1, 0.15) is 5.82 Å². The molecule has 4 nitrogen and oxygen atoms in total. The zero-order valence-corrected chi connectivity index (χ0v) is 10.9. The molecule has 5 heteroatoms. The summed E-state index contributed by atoms with van der Waals surface area (Å²) in [5.74, 6) is -1.42. The van der Waals surface area contributed by atoms with Crippen LogP contribution in [0.3, 0.4) is 0 Å². The van der Waals surface area contributed by atoms with Gasteiger partial charge in [-0.1, -0.05) is 18.2 Å². The minimum atomic E-state index is -1.09. The molecule has 104 valence electrons. The fourth-order valence-electron chi connectivity index (χ4n) is 2.08. The molecule has 0 unspecified atom stereocenters. The topological polar surface area (TPSA) is 62.2 Å². The van der Waals surface area contributed by atoms with E-state index in [9.17, 15) is 9.18 Å². The number of anilines is 2. The molecule has 0 saturated heterocycles. The summed E-state index contributed by atoms with van der Waals surface area (Å²) in [6, 6.07) is 14.6. The van der Waals surface area contributed by atoms with Gasteiger partial charge in [-0.25, -0.2) is 14.2 Å². The van der Waals surface area contributed by atoms with Gasteiger partial charge >= 0.3 is 5.97 Å². The van der Waals surface area contributed by atoms with Gasteiger partial charge in [-0.2, -0.15) is 0 Å². The summed E-state index contributed by atoms with van der Waals surface area (Å²) in [5.41, 5.74) is 1.83. The van der Waals surface area contributed by atoms with Crippen molar-refractivity contribution in [2.75, 3.05) is 5.32 Å². The molecule has 1 aromatic heterocycles. The number of hydrogen-bond acceptors (Lipinski definition) is 3.